The van der Waals surface area contributed by atoms with Gasteiger partial charge in [0.2, 0.25) is 0 Å². The molecule has 1 saturated heterocycles. The molecule has 1 fully saturated rings. The number of aromatic nitrogens is 2. The molecule has 1 aromatic heterocycles. The van der Waals surface area contributed by atoms with Crippen LogP contribution in [-0.2, 0) is 13.6 Å². The van der Waals surface area contributed by atoms with Gasteiger partial charge in [0, 0.05) is 37.9 Å². The highest BCUT2D eigenvalue weighted by atomic mass is 127. The van der Waals surface area contributed by atoms with Crippen LogP contribution >= 0.6 is 24.0 Å². The van der Waals surface area contributed by atoms with Crippen LogP contribution in [0.3, 0.4) is 0 Å². The van der Waals surface area contributed by atoms with Crippen molar-refractivity contribution in [2.24, 2.45) is 18.0 Å². The van der Waals surface area contributed by atoms with Gasteiger partial charge in [0.05, 0.1) is 12.2 Å². The number of nitrogens with zero attached hydrogens (tertiary/aromatic N) is 4. The molecule has 1 atom stereocenters. The lowest BCUT2D eigenvalue weighted by molar-refractivity contribution is 0.324. The number of hydrogen-bond donors (Lipinski definition) is 2. The number of rotatable bonds is 7. The lowest BCUT2D eigenvalue weighted by Gasteiger charge is -2.17. The summed E-state index contributed by atoms with van der Waals surface area (Å²) in [5, 5.41) is 11.4. The summed E-state index contributed by atoms with van der Waals surface area (Å²) in [7, 11) is 1.99. The molecule has 25 heavy (non-hydrogen) atoms. The van der Waals surface area contributed by atoms with E-state index in [1.165, 1.54) is 43.7 Å². The summed E-state index contributed by atoms with van der Waals surface area (Å²) in [5.74, 6) is 1.64. The topological polar surface area (TPSA) is 57.5 Å². The van der Waals surface area contributed by atoms with E-state index in [-0.39, 0.29) is 24.0 Å². The minimum absolute atomic E-state index is 0. The molecule has 7 heteroatoms. The number of likely N-dealkylation sites (tertiary alicyclic amines) is 1. The Hall–Kier alpha value is -0.830. The summed E-state index contributed by atoms with van der Waals surface area (Å²) in [6.45, 7) is 14.7. The molecule has 2 heterocycles. The second kappa shape index (κ2) is 11.0. The van der Waals surface area contributed by atoms with Crippen LogP contribution in [-0.4, -0.2) is 53.4 Å². The normalized spacial score (nSPS) is 18.3. The molecule has 0 bridgehead atoms. The molecule has 1 aliphatic rings. The molecule has 0 radical (unpaired) electrons. The van der Waals surface area contributed by atoms with Crippen molar-refractivity contribution in [2.75, 3.05) is 32.7 Å². The van der Waals surface area contributed by atoms with Gasteiger partial charge >= 0.3 is 0 Å². The van der Waals surface area contributed by atoms with Crippen molar-refractivity contribution < 1.29 is 0 Å². The Kier molecular flexibility index (Phi) is 9.78. The third-order valence-corrected chi connectivity index (χ3v) is 4.87. The Bertz CT molecular complexity index is 554. The van der Waals surface area contributed by atoms with Gasteiger partial charge in [-0.25, -0.2) is 4.99 Å². The minimum Gasteiger partial charge on any atom is -0.357 e. The summed E-state index contributed by atoms with van der Waals surface area (Å²) >= 11 is 0. The molecule has 1 unspecified atom stereocenters. The number of halogens is 1. The van der Waals surface area contributed by atoms with E-state index in [4.69, 9.17) is 4.99 Å². The Morgan fingerprint density at radius 3 is 2.64 bits per heavy atom. The third kappa shape index (κ3) is 6.44. The zero-order chi connectivity index (χ0) is 17.5. The molecule has 2 N–H and O–H groups in total. The molecular weight excluding hydrogens is 427 g/mol. The van der Waals surface area contributed by atoms with Gasteiger partial charge in [-0.05, 0) is 52.6 Å². The van der Waals surface area contributed by atoms with Crippen molar-refractivity contribution >= 4 is 29.9 Å². The van der Waals surface area contributed by atoms with Crippen LogP contribution in [0.15, 0.2) is 4.99 Å². The Morgan fingerprint density at radius 2 is 2.04 bits per heavy atom. The van der Waals surface area contributed by atoms with Crippen molar-refractivity contribution in [3.05, 3.63) is 17.0 Å². The standard InChI is InChI=1S/C18H34N6.HI/c1-6-9-24-10-8-16(13-24)11-20-18(19-7-2)21-12-17-14(3)22-23(5)15(17)4;/h16H,6-13H2,1-5H3,(H2,19,20,21);1H. The molecule has 0 saturated carbocycles. The number of guanidine groups is 1. The lowest BCUT2D eigenvalue weighted by Crippen LogP contribution is -2.40. The van der Waals surface area contributed by atoms with E-state index in [1.807, 2.05) is 11.7 Å². The predicted octanol–water partition coefficient (Wildman–Crippen LogP) is 2.44. The van der Waals surface area contributed by atoms with Crippen molar-refractivity contribution in [1.82, 2.24) is 25.3 Å². The predicted molar refractivity (Wildman–Crippen MR) is 116 cm³/mol. The van der Waals surface area contributed by atoms with Crippen molar-refractivity contribution in [1.29, 1.82) is 0 Å². The molecule has 6 nitrogen and oxygen atoms in total. The highest BCUT2D eigenvalue weighted by Crippen LogP contribution is 2.15. The fourth-order valence-corrected chi connectivity index (χ4v) is 3.39. The third-order valence-electron chi connectivity index (χ3n) is 4.87. The van der Waals surface area contributed by atoms with Crippen LogP contribution in [0.2, 0.25) is 0 Å². The van der Waals surface area contributed by atoms with Crippen LogP contribution in [0.5, 0.6) is 0 Å². The molecule has 1 aromatic rings. The summed E-state index contributed by atoms with van der Waals surface area (Å²) in [6.07, 6.45) is 2.53. The maximum atomic E-state index is 4.76. The van der Waals surface area contributed by atoms with E-state index < -0.39 is 0 Å². The van der Waals surface area contributed by atoms with Crippen molar-refractivity contribution in [3.8, 4) is 0 Å². The van der Waals surface area contributed by atoms with E-state index >= 15 is 0 Å². The van der Waals surface area contributed by atoms with Crippen molar-refractivity contribution in [3.63, 3.8) is 0 Å². The van der Waals surface area contributed by atoms with E-state index in [0.717, 1.165) is 30.7 Å². The molecule has 144 valence electrons. The number of nitrogens with one attached hydrogen (secondary N) is 2. The first-order chi connectivity index (χ1) is 11.5. The van der Waals surface area contributed by atoms with E-state index in [1.54, 1.807) is 0 Å². The van der Waals surface area contributed by atoms with Gasteiger partial charge in [-0.1, -0.05) is 6.92 Å². The SMILES string of the molecule is CCCN1CCC(CNC(=NCc2c(C)nn(C)c2C)NCC)C1.I. The molecule has 2 rings (SSSR count). The molecule has 1 aliphatic heterocycles. The van der Waals surface area contributed by atoms with E-state index in [9.17, 15) is 0 Å². The molecular formula is C18H35IN6. The summed E-state index contributed by atoms with van der Waals surface area (Å²) in [5.41, 5.74) is 3.49. The van der Waals surface area contributed by atoms with Gasteiger partial charge in [-0.3, -0.25) is 4.68 Å². The van der Waals surface area contributed by atoms with Gasteiger partial charge in [0.15, 0.2) is 5.96 Å². The first-order valence-corrected chi connectivity index (χ1v) is 9.28. The summed E-state index contributed by atoms with van der Waals surface area (Å²) < 4.78 is 1.93. The number of hydrogen-bond acceptors (Lipinski definition) is 3. The maximum absolute atomic E-state index is 4.76. The zero-order valence-corrected chi connectivity index (χ0v) is 18.8. The number of aliphatic imine (C=N–C) groups is 1. The van der Waals surface area contributed by atoms with E-state index in [2.05, 4.69) is 48.3 Å². The van der Waals surface area contributed by atoms with Gasteiger partial charge in [0.1, 0.15) is 0 Å². The molecule has 0 spiro atoms. The first-order valence-electron chi connectivity index (χ1n) is 9.28. The van der Waals surface area contributed by atoms with Gasteiger partial charge in [-0.15, -0.1) is 24.0 Å². The summed E-state index contributed by atoms with van der Waals surface area (Å²) in [6, 6.07) is 0. The average molecular weight is 462 g/mol. The highest BCUT2D eigenvalue weighted by molar-refractivity contribution is 14.0. The van der Waals surface area contributed by atoms with Crippen LogP contribution in [0, 0.1) is 19.8 Å². The van der Waals surface area contributed by atoms with Gasteiger partial charge < -0.3 is 15.5 Å². The van der Waals surface area contributed by atoms with E-state index in [0.29, 0.717) is 6.54 Å². The maximum Gasteiger partial charge on any atom is 0.191 e. The van der Waals surface area contributed by atoms with Gasteiger partial charge in [-0.2, -0.15) is 5.10 Å². The van der Waals surface area contributed by atoms with Crippen LogP contribution in [0.25, 0.3) is 0 Å². The highest BCUT2D eigenvalue weighted by Gasteiger charge is 2.21. The monoisotopic (exact) mass is 462 g/mol. The minimum atomic E-state index is 0. The lowest BCUT2D eigenvalue weighted by atomic mass is 10.1. The zero-order valence-electron chi connectivity index (χ0n) is 16.4. The Morgan fingerprint density at radius 1 is 1.28 bits per heavy atom. The largest absolute Gasteiger partial charge is 0.357 e. The fraction of sp³-hybridized carbons (Fsp3) is 0.778. The smallest absolute Gasteiger partial charge is 0.191 e. The molecule has 0 aliphatic carbocycles. The quantitative estimate of drug-likeness (QED) is 0.372. The van der Waals surface area contributed by atoms with Crippen LogP contribution in [0.4, 0.5) is 0 Å². The Labute approximate surface area is 169 Å². The Balaban J connectivity index is 0.00000312. The van der Waals surface area contributed by atoms with Gasteiger partial charge in [0.25, 0.3) is 0 Å². The summed E-state index contributed by atoms with van der Waals surface area (Å²) in [4.78, 5) is 7.33. The molecule has 0 aromatic carbocycles. The first kappa shape index (κ1) is 22.2. The fourth-order valence-electron chi connectivity index (χ4n) is 3.39. The molecule has 0 amide bonds. The van der Waals surface area contributed by atoms with Crippen LogP contribution < -0.4 is 10.6 Å². The van der Waals surface area contributed by atoms with Crippen LogP contribution in [0.1, 0.15) is 43.6 Å². The van der Waals surface area contributed by atoms with Crippen molar-refractivity contribution in [2.45, 2.75) is 47.1 Å². The second-order valence-corrected chi connectivity index (χ2v) is 6.80. The average Bonchev–Trinajstić information content (AvgIpc) is 3.09. The number of aryl methyl sites for hydroxylation is 2. The second-order valence-electron chi connectivity index (χ2n) is 6.80.